The molecule has 2 aliphatic rings. The Kier molecular flexibility index (Phi) is 5.94. The van der Waals surface area contributed by atoms with Crippen molar-refractivity contribution in [1.29, 1.82) is 0 Å². The number of hydrogen-bond acceptors (Lipinski definition) is 7. The van der Waals surface area contributed by atoms with Gasteiger partial charge in [-0.1, -0.05) is 11.6 Å². The Balaban J connectivity index is 0.000000806. The van der Waals surface area contributed by atoms with Gasteiger partial charge < -0.3 is 24.9 Å². The van der Waals surface area contributed by atoms with E-state index in [1.54, 1.807) is 16.8 Å². The SMILES string of the molecule is O=C(Nc1cn2cc(-c3c(Cl)c(F)c(OC4CNC4)c4[nH]ncc34)ncc2n1)[C@@H]1C[C@@H]1F.O=CO. The molecule has 14 heteroatoms. The fourth-order valence-corrected chi connectivity index (χ4v) is 3.99. The van der Waals surface area contributed by atoms with E-state index >= 15 is 4.39 Å². The van der Waals surface area contributed by atoms with Gasteiger partial charge in [0.25, 0.3) is 6.47 Å². The molecule has 0 spiro atoms. The highest BCUT2D eigenvalue weighted by Crippen LogP contribution is 2.42. The number of carbonyl (C=O) groups excluding carboxylic acids is 1. The number of nitrogens with one attached hydrogen (secondary N) is 3. The molecule has 4 N–H and O–H groups in total. The number of nitrogens with zero attached hydrogens (tertiary/aromatic N) is 4. The second-order valence-electron chi connectivity index (χ2n) is 8.01. The van der Waals surface area contributed by atoms with Crippen molar-refractivity contribution in [2.75, 3.05) is 18.4 Å². The largest absolute Gasteiger partial charge is 0.483 e. The first kappa shape index (κ1) is 22.9. The number of hydrogen-bond donors (Lipinski definition) is 4. The fraction of sp³-hybridized carbons (Fsp3) is 0.286. The lowest BCUT2D eigenvalue weighted by molar-refractivity contribution is -0.123. The van der Waals surface area contributed by atoms with Crippen LogP contribution in [-0.4, -0.2) is 67.4 Å². The van der Waals surface area contributed by atoms with Gasteiger partial charge in [-0.2, -0.15) is 5.10 Å². The zero-order valence-electron chi connectivity index (χ0n) is 17.8. The third-order valence-corrected chi connectivity index (χ3v) is 6.03. The highest BCUT2D eigenvalue weighted by Gasteiger charge is 2.43. The van der Waals surface area contributed by atoms with Crippen molar-refractivity contribution < 1.29 is 28.2 Å². The van der Waals surface area contributed by atoms with Crippen LogP contribution in [0.15, 0.2) is 24.8 Å². The van der Waals surface area contributed by atoms with Crippen molar-refractivity contribution in [2.45, 2.75) is 18.7 Å². The van der Waals surface area contributed by atoms with E-state index in [0.717, 1.165) is 0 Å². The predicted octanol–water partition coefficient (Wildman–Crippen LogP) is 2.41. The number of amides is 1. The van der Waals surface area contributed by atoms with Crippen LogP contribution in [0, 0.1) is 11.7 Å². The molecule has 1 amide bonds. The van der Waals surface area contributed by atoms with Crippen LogP contribution >= 0.6 is 11.6 Å². The standard InChI is InChI=1S/C20H16ClF2N7O2.CH2O2/c21-16-15(10-4-26-29-18(10)19(17(16)23)32-8-2-24-3-8)12-6-30-7-13(27-14(30)5-25-12)28-20(31)9-1-11(9)22;2-1-3/h4-9,11,24H,1-3H2,(H,26,29)(H,28,31);1H,(H,2,3)/t9-,11+;/m1./s1. The molecule has 1 aliphatic carbocycles. The lowest BCUT2D eigenvalue weighted by atomic mass is 10.1. The van der Waals surface area contributed by atoms with Gasteiger partial charge >= 0.3 is 0 Å². The average Bonchev–Trinajstić information content (AvgIpc) is 3.17. The monoisotopic (exact) mass is 505 g/mol. The van der Waals surface area contributed by atoms with E-state index in [1.165, 1.54) is 12.4 Å². The Labute approximate surface area is 200 Å². The van der Waals surface area contributed by atoms with Crippen LogP contribution in [0.4, 0.5) is 14.6 Å². The van der Waals surface area contributed by atoms with Crippen LogP contribution in [0.5, 0.6) is 5.75 Å². The number of aromatic nitrogens is 5. The maximum atomic E-state index is 15.2. The number of ether oxygens (including phenoxy) is 1. The van der Waals surface area contributed by atoms with Crippen molar-refractivity contribution in [3.05, 3.63) is 35.6 Å². The molecule has 1 saturated heterocycles. The molecule has 1 aliphatic heterocycles. The molecule has 35 heavy (non-hydrogen) atoms. The first-order valence-corrected chi connectivity index (χ1v) is 10.9. The Hall–Kier alpha value is -3.84. The molecule has 3 aromatic heterocycles. The molecule has 1 aromatic carbocycles. The summed E-state index contributed by atoms with van der Waals surface area (Å²) >= 11 is 6.42. The predicted molar refractivity (Wildman–Crippen MR) is 121 cm³/mol. The molecule has 4 aromatic rings. The van der Waals surface area contributed by atoms with Crippen LogP contribution in [0.3, 0.4) is 0 Å². The van der Waals surface area contributed by atoms with Crippen molar-refractivity contribution in [1.82, 2.24) is 29.9 Å². The summed E-state index contributed by atoms with van der Waals surface area (Å²) in [6.45, 7) is 0.998. The van der Waals surface area contributed by atoms with E-state index in [9.17, 15) is 9.18 Å². The van der Waals surface area contributed by atoms with Gasteiger partial charge in [0, 0.05) is 30.2 Å². The summed E-state index contributed by atoms with van der Waals surface area (Å²) in [4.78, 5) is 29.0. The lowest BCUT2D eigenvalue weighted by Crippen LogP contribution is -2.50. The highest BCUT2D eigenvalue weighted by molar-refractivity contribution is 6.35. The molecular weight excluding hydrogens is 488 g/mol. The maximum Gasteiger partial charge on any atom is 0.290 e. The maximum absolute atomic E-state index is 15.2. The molecule has 2 fully saturated rings. The van der Waals surface area contributed by atoms with Crippen molar-refractivity contribution in [3.8, 4) is 17.0 Å². The minimum Gasteiger partial charge on any atom is -0.483 e. The third-order valence-electron chi connectivity index (χ3n) is 5.67. The lowest BCUT2D eigenvalue weighted by Gasteiger charge is -2.28. The molecular formula is C21H18ClF2N7O4. The first-order valence-electron chi connectivity index (χ1n) is 10.5. The van der Waals surface area contributed by atoms with E-state index in [0.29, 0.717) is 40.9 Å². The molecule has 0 radical (unpaired) electrons. The summed E-state index contributed by atoms with van der Waals surface area (Å²) in [5.74, 6) is -1.43. The second kappa shape index (κ2) is 9.07. The fourth-order valence-electron chi connectivity index (χ4n) is 3.70. The number of halogens is 3. The Morgan fingerprint density at radius 1 is 1.34 bits per heavy atom. The van der Waals surface area contributed by atoms with Crippen LogP contribution < -0.4 is 15.4 Å². The zero-order chi connectivity index (χ0) is 24.7. The van der Waals surface area contributed by atoms with Crippen LogP contribution in [-0.2, 0) is 9.59 Å². The van der Waals surface area contributed by atoms with Gasteiger partial charge in [-0.25, -0.2) is 13.8 Å². The summed E-state index contributed by atoms with van der Waals surface area (Å²) < 4.78 is 35.7. The van der Waals surface area contributed by atoms with Gasteiger partial charge in [0.15, 0.2) is 23.0 Å². The molecule has 0 unspecified atom stereocenters. The summed E-state index contributed by atoms with van der Waals surface area (Å²) in [6.07, 6.45) is 5.20. The van der Waals surface area contributed by atoms with Gasteiger partial charge in [-0.05, 0) is 6.42 Å². The first-order chi connectivity index (χ1) is 16.9. The van der Waals surface area contributed by atoms with E-state index in [-0.39, 0.29) is 35.6 Å². The molecule has 0 bridgehead atoms. The molecule has 1 saturated carbocycles. The average molecular weight is 506 g/mol. The number of carboxylic acid groups (broad SMARTS) is 1. The Morgan fingerprint density at radius 2 is 2.09 bits per heavy atom. The Bertz CT molecular complexity index is 1440. The van der Waals surface area contributed by atoms with Crippen molar-refractivity contribution in [2.24, 2.45) is 5.92 Å². The van der Waals surface area contributed by atoms with Gasteiger partial charge in [0.2, 0.25) is 5.91 Å². The number of rotatable bonds is 5. The number of carbonyl (C=O) groups is 2. The number of aromatic amines is 1. The normalized spacial score (nSPS) is 19.1. The van der Waals surface area contributed by atoms with Crippen LogP contribution in [0.2, 0.25) is 5.02 Å². The quantitative estimate of drug-likeness (QED) is 0.302. The summed E-state index contributed by atoms with van der Waals surface area (Å²) in [7, 11) is 0. The number of benzene rings is 1. The topological polar surface area (TPSA) is 147 Å². The molecule has 4 heterocycles. The second-order valence-corrected chi connectivity index (χ2v) is 8.38. The van der Waals surface area contributed by atoms with Crippen LogP contribution in [0.25, 0.3) is 27.8 Å². The van der Waals surface area contributed by atoms with Gasteiger partial charge in [0.05, 0.1) is 35.2 Å². The third kappa shape index (κ3) is 4.23. The van der Waals surface area contributed by atoms with Crippen molar-refractivity contribution >= 4 is 46.3 Å². The van der Waals surface area contributed by atoms with Gasteiger partial charge in [-0.15, -0.1) is 0 Å². The van der Waals surface area contributed by atoms with E-state index < -0.39 is 23.8 Å². The molecule has 11 nitrogen and oxygen atoms in total. The molecule has 182 valence electrons. The number of alkyl halides is 1. The summed E-state index contributed by atoms with van der Waals surface area (Å²) in [6, 6.07) is 0. The smallest absolute Gasteiger partial charge is 0.290 e. The number of H-pyrrole nitrogens is 1. The highest BCUT2D eigenvalue weighted by atomic mass is 35.5. The van der Waals surface area contributed by atoms with Gasteiger partial charge in [-0.3, -0.25) is 19.7 Å². The minimum atomic E-state index is -1.10. The van der Waals surface area contributed by atoms with E-state index in [4.69, 9.17) is 26.2 Å². The van der Waals surface area contributed by atoms with Crippen molar-refractivity contribution in [3.63, 3.8) is 0 Å². The molecule has 6 rings (SSSR count). The number of fused-ring (bicyclic) bond motifs is 2. The Morgan fingerprint density at radius 3 is 2.74 bits per heavy atom. The summed E-state index contributed by atoms with van der Waals surface area (Å²) in [5, 5.41) is 19.8. The summed E-state index contributed by atoms with van der Waals surface area (Å²) in [5.41, 5.74) is 1.57. The minimum absolute atomic E-state index is 0.0256. The number of anilines is 1. The number of imidazole rings is 1. The van der Waals surface area contributed by atoms with Gasteiger partial charge in [0.1, 0.15) is 17.8 Å². The molecule has 2 atom stereocenters. The zero-order valence-corrected chi connectivity index (χ0v) is 18.6. The van der Waals surface area contributed by atoms with E-state index in [2.05, 4.69) is 30.8 Å². The van der Waals surface area contributed by atoms with Crippen LogP contribution in [0.1, 0.15) is 6.42 Å². The van der Waals surface area contributed by atoms with E-state index in [1.807, 2.05) is 0 Å².